The molecule has 5 rings (SSSR count). The molecule has 3 heterocycles. The minimum atomic E-state index is -0.0492. The van der Waals surface area contributed by atoms with E-state index in [-0.39, 0.29) is 29.9 Å². The van der Waals surface area contributed by atoms with E-state index in [9.17, 15) is 9.59 Å². The van der Waals surface area contributed by atoms with Gasteiger partial charge in [0.15, 0.2) is 0 Å². The molecule has 2 aromatic rings. The molecule has 3 aliphatic rings. The van der Waals surface area contributed by atoms with Gasteiger partial charge in [0.05, 0.1) is 23.0 Å². The summed E-state index contributed by atoms with van der Waals surface area (Å²) >= 11 is 6.47. The van der Waals surface area contributed by atoms with E-state index >= 15 is 0 Å². The van der Waals surface area contributed by atoms with Gasteiger partial charge in [-0.05, 0) is 37.3 Å². The average Bonchev–Trinajstić information content (AvgIpc) is 3.16. The molecule has 2 N–H and O–H groups in total. The highest BCUT2D eigenvalue weighted by Crippen LogP contribution is 2.35. The Bertz CT molecular complexity index is 1090. The molecule has 180 valence electrons. The Morgan fingerprint density at radius 1 is 1.18 bits per heavy atom. The first kappa shape index (κ1) is 23.1. The molecule has 34 heavy (non-hydrogen) atoms. The number of nitrogens with one attached hydrogen (secondary N) is 2. The molecular weight excluding hydrogens is 454 g/mol. The summed E-state index contributed by atoms with van der Waals surface area (Å²) in [5, 5.41) is 6.88. The van der Waals surface area contributed by atoms with Crippen LogP contribution in [0.3, 0.4) is 0 Å². The molecule has 2 atom stereocenters. The average molecular weight is 484 g/mol. The third kappa shape index (κ3) is 4.74. The topological polar surface area (TPSA) is 96.5 Å². The van der Waals surface area contributed by atoms with Gasteiger partial charge in [0.1, 0.15) is 0 Å². The van der Waals surface area contributed by atoms with Crippen LogP contribution >= 0.6 is 11.6 Å². The van der Waals surface area contributed by atoms with Crippen LogP contribution in [-0.4, -0.2) is 58.0 Å². The number of hydrogen-bond acceptors (Lipinski definition) is 6. The zero-order chi connectivity index (χ0) is 23.7. The second-order valence-corrected chi connectivity index (χ2v) is 9.79. The zero-order valence-corrected chi connectivity index (χ0v) is 20.1. The molecule has 1 saturated carbocycles. The maximum absolute atomic E-state index is 13.4. The third-order valence-corrected chi connectivity index (χ3v) is 7.31. The van der Waals surface area contributed by atoms with Crippen LogP contribution in [0.4, 0.5) is 5.95 Å². The van der Waals surface area contributed by atoms with Crippen molar-refractivity contribution in [1.29, 1.82) is 0 Å². The monoisotopic (exact) mass is 483 g/mol. The van der Waals surface area contributed by atoms with Gasteiger partial charge in [-0.25, -0.2) is 9.97 Å². The number of amides is 2. The van der Waals surface area contributed by atoms with Crippen molar-refractivity contribution in [3.05, 3.63) is 40.5 Å². The first-order chi connectivity index (χ1) is 16.5. The molecule has 0 radical (unpaired) electrons. The summed E-state index contributed by atoms with van der Waals surface area (Å²) in [6.45, 7) is 3.55. The minimum absolute atomic E-state index is 0.000823. The number of nitrogens with zero attached hydrogens (tertiary/aromatic N) is 3. The molecule has 2 aliphatic heterocycles. The molecule has 0 bridgehead atoms. The van der Waals surface area contributed by atoms with E-state index in [1.807, 2.05) is 23.1 Å². The summed E-state index contributed by atoms with van der Waals surface area (Å²) in [6, 6.07) is 6.13. The van der Waals surface area contributed by atoms with E-state index in [0.717, 1.165) is 62.9 Å². The van der Waals surface area contributed by atoms with Crippen molar-refractivity contribution in [2.75, 3.05) is 18.5 Å². The lowest BCUT2D eigenvalue weighted by Crippen LogP contribution is -2.53. The Balaban J connectivity index is 1.38. The number of fused-ring (bicyclic) bond motifs is 1. The van der Waals surface area contributed by atoms with E-state index in [1.54, 1.807) is 6.20 Å². The standard InChI is InChI=1S/C25H30ClN5O3/c1-15(32)28-21-4-2-3-5-22(21)31-14-17-7-6-16(12-19(17)24(31)33)23-20(26)13-27-25(30-23)29-18-8-10-34-11-9-18/h6-7,12-13,18,21-22H,2-5,8-11,14H2,1H3,(H,28,32)(H,27,29,30). The molecule has 1 aromatic heterocycles. The quantitative estimate of drug-likeness (QED) is 0.671. The normalized spacial score (nSPS) is 23.0. The highest BCUT2D eigenvalue weighted by Gasteiger charge is 2.38. The van der Waals surface area contributed by atoms with Crippen molar-refractivity contribution < 1.29 is 14.3 Å². The summed E-state index contributed by atoms with van der Waals surface area (Å²) in [4.78, 5) is 36.1. The Morgan fingerprint density at radius 2 is 1.97 bits per heavy atom. The Hall–Kier alpha value is -2.71. The van der Waals surface area contributed by atoms with Gasteiger partial charge in [-0.15, -0.1) is 0 Å². The maximum Gasteiger partial charge on any atom is 0.254 e. The lowest BCUT2D eigenvalue weighted by molar-refractivity contribution is -0.120. The van der Waals surface area contributed by atoms with Crippen LogP contribution in [0.1, 0.15) is 61.4 Å². The molecule has 1 aliphatic carbocycles. The number of carbonyl (C=O) groups is 2. The Labute approximate surface area is 204 Å². The number of carbonyl (C=O) groups excluding carboxylic acids is 2. The first-order valence-electron chi connectivity index (χ1n) is 12.1. The van der Waals surface area contributed by atoms with Crippen LogP contribution in [0.5, 0.6) is 0 Å². The van der Waals surface area contributed by atoms with E-state index < -0.39 is 0 Å². The van der Waals surface area contributed by atoms with Gasteiger partial charge < -0.3 is 20.3 Å². The highest BCUT2D eigenvalue weighted by atomic mass is 35.5. The van der Waals surface area contributed by atoms with Gasteiger partial charge in [0, 0.05) is 49.9 Å². The van der Waals surface area contributed by atoms with Crippen molar-refractivity contribution >= 4 is 29.4 Å². The molecule has 2 fully saturated rings. The highest BCUT2D eigenvalue weighted by molar-refractivity contribution is 6.33. The van der Waals surface area contributed by atoms with Crippen molar-refractivity contribution in [2.24, 2.45) is 0 Å². The van der Waals surface area contributed by atoms with Crippen molar-refractivity contribution in [1.82, 2.24) is 20.2 Å². The van der Waals surface area contributed by atoms with Crippen molar-refractivity contribution in [2.45, 2.75) is 70.1 Å². The van der Waals surface area contributed by atoms with Crippen molar-refractivity contribution in [3.63, 3.8) is 0 Å². The van der Waals surface area contributed by atoms with Gasteiger partial charge in [-0.1, -0.05) is 36.6 Å². The fourth-order valence-corrected chi connectivity index (χ4v) is 5.52. The largest absolute Gasteiger partial charge is 0.381 e. The van der Waals surface area contributed by atoms with Crippen molar-refractivity contribution in [3.8, 4) is 11.3 Å². The smallest absolute Gasteiger partial charge is 0.254 e. The summed E-state index contributed by atoms with van der Waals surface area (Å²) < 4.78 is 5.42. The Morgan fingerprint density at radius 3 is 2.76 bits per heavy atom. The van der Waals surface area contributed by atoms with Crippen LogP contribution in [0.2, 0.25) is 5.02 Å². The fraction of sp³-hybridized carbons (Fsp3) is 0.520. The second-order valence-electron chi connectivity index (χ2n) is 9.38. The number of benzene rings is 1. The number of hydrogen-bond donors (Lipinski definition) is 2. The summed E-state index contributed by atoms with van der Waals surface area (Å²) in [5.41, 5.74) is 3.07. The van der Waals surface area contributed by atoms with E-state index in [0.29, 0.717) is 28.8 Å². The van der Waals surface area contributed by atoms with Crippen LogP contribution in [0.15, 0.2) is 24.4 Å². The van der Waals surface area contributed by atoms with Gasteiger partial charge >= 0.3 is 0 Å². The summed E-state index contributed by atoms with van der Waals surface area (Å²) in [5.74, 6) is 0.483. The SMILES string of the molecule is CC(=O)NC1CCCCC1N1Cc2ccc(-c3nc(NC4CCOCC4)ncc3Cl)cc2C1=O. The molecule has 2 amide bonds. The predicted molar refractivity (Wildman–Crippen MR) is 130 cm³/mol. The molecule has 9 heteroatoms. The molecule has 2 unspecified atom stereocenters. The number of halogens is 1. The molecule has 1 saturated heterocycles. The Kier molecular flexibility index (Phi) is 6.70. The fourth-order valence-electron chi connectivity index (χ4n) is 5.32. The summed E-state index contributed by atoms with van der Waals surface area (Å²) in [7, 11) is 0. The molecule has 1 aromatic carbocycles. The summed E-state index contributed by atoms with van der Waals surface area (Å²) in [6.07, 6.45) is 7.34. The third-order valence-electron chi connectivity index (χ3n) is 7.03. The lowest BCUT2D eigenvalue weighted by atomic mass is 9.89. The van der Waals surface area contributed by atoms with Crippen LogP contribution < -0.4 is 10.6 Å². The van der Waals surface area contributed by atoms with Gasteiger partial charge in [-0.3, -0.25) is 9.59 Å². The van der Waals surface area contributed by atoms with E-state index in [2.05, 4.69) is 20.6 Å². The molecule has 8 nitrogen and oxygen atoms in total. The van der Waals surface area contributed by atoms with E-state index in [1.165, 1.54) is 6.92 Å². The minimum Gasteiger partial charge on any atom is -0.381 e. The number of ether oxygens (including phenoxy) is 1. The van der Waals surface area contributed by atoms with Crippen LogP contribution in [-0.2, 0) is 16.1 Å². The lowest BCUT2D eigenvalue weighted by Gasteiger charge is -2.38. The van der Waals surface area contributed by atoms with Crippen LogP contribution in [0, 0.1) is 0 Å². The van der Waals surface area contributed by atoms with Gasteiger partial charge in [0.2, 0.25) is 11.9 Å². The predicted octanol–water partition coefficient (Wildman–Crippen LogP) is 3.79. The zero-order valence-electron chi connectivity index (χ0n) is 19.3. The molecule has 0 spiro atoms. The van der Waals surface area contributed by atoms with Crippen LogP contribution in [0.25, 0.3) is 11.3 Å². The van der Waals surface area contributed by atoms with E-state index in [4.69, 9.17) is 16.3 Å². The number of rotatable bonds is 5. The van der Waals surface area contributed by atoms with Gasteiger partial charge in [-0.2, -0.15) is 0 Å². The van der Waals surface area contributed by atoms with Gasteiger partial charge in [0.25, 0.3) is 5.91 Å². The first-order valence-corrected chi connectivity index (χ1v) is 12.5. The maximum atomic E-state index is 13.4. The number of aromatic nitrogens is 2. The molecular formula is C25H30ClN5O3. The number of anilines is 1. The second kappa shape index (κ2) is 9.88.